The first-order chi connectivity index (χ1) is 7.58. The molecule has 2 heterocycles. The van der Waals surface area contributed by atoms with Gasteiger partial charge in [0.15, 0.2) is 5.13 Å². The van der Waals surface area contributed by atoms with Crippen LogP contribution in [0.3, 0.4) is 0 Å². The van der Waals surface area contributed by atoms with Gasteiger partial charge in [-0.1, -0.05) is 0 Å². The largest absolute Gasteiger partial charge is 0.375 e. The highest BCUT2D eigenvalue weighted by molar-refractivity contribution is 7.13. The van der Waals surface area contributed by atoms with Gasteiger partial charge < -0.3 is 5.73 Å². The number of nitrogens with one attached hydrogen (secondary N) is 1. The lowest BCUT2D eigenvalue weighted by molar-refractivity contribution is 0.100. The van der Waals surface area contributed by atoms with E-state index in [1.807, 2.05) is 26.0 Å². The molecular weight excluding hydrogens is 224 g/mol. The van der Waals surface area contributed by atoms with E-state index in [0.717, 1.165) is 11.4 Å². The Balaban J connectivity index is 2.20. The lowest BCUT2D eigenvalue weighted by Crippen LogP contribution is -2.24. The van der Waals surface area contributed by atoms with Crippen molar-refractivity contribution in [1.82, 2.24) is 9.66 Å². The number of carbonyl (C=O) groups excluding carboxylic acids is 1. The third-order valence-corrected chi connectivity index (χ3v) is 2.91. The number of nitrogen functional groups attached to an aromatic ring is 1. The Hall–Kier alpha value is -1.82. The first kappa shape index (κ1) is 10.7. The molecule has 3 N–H and O–H groups in total. The van der Waals surface area contributed by atoms with Crippen LogP contribution in [-0.2, 0) is 0 Å². The predicted molar refractivity (Wildman–Crippen MR) is 64.1 cm³/mol. The number of thiazole rings is 1. The average Bonchev–Trinajstić information content (AvgIpc) is 2.79. The molecule has 6 heteroatoms. The fraction of sp³-hybridized carbons (Fsp3) is 0.200. The highest BCUT2D eigenvalue weighted by Gasteiger charge is 2.11. The Morgan fingerprint density at radius 1 is 1.44 bits per heavy atom. The topological polar surface area (TPSA) is 72.9 Å². The lowest BCUT2D eigenvalue weighted by Gasteiger charge is -2.09. The van der Waals surface area contributed by atoms with E-state index in [2.05, 4.69) is 10.4 Å². The van der Waals surface area contributed by atoms with E-state index in [4.69, 9.17) is 5.73 Å². The van der Waals surface area contributed by atoms with Crippen LogP contribution in [-0.4, -0.2) is 15.6 Å². The van der Waals surface area contributed by atoms with Crippen LogP contribution in [0.2, 0.25) is 0 Å². The summed E-state index contributed by atoms with van der Waals surface area (Å²) in [5.74, 6) is -0.254. The predicted octanol–water partition coefficient (Wildman–Crippen LogP) is 1.53. The van der Waals surface area contributed by atoms with Crippen molar-refractivity contribution in [2.45, 2.75) is 13.8 Å². The second-order valence-electron chi connectivity index (χ2n) is 3.46. The zero-order valence-electron chi connectivity index (χ0n) is 9.02. The van der Waals surface area contributed by atoms with Crippen molar-refractivity contribution < 1.29 is 4.79 Å². The van der Waals surface area contributed by atoms with Gasteiger partial charge in [-0.2, -0.15) is 0 Å². The van der Waals surface area contributed by atoms with Crippen molar-refractivity contribution in [2.75, 3.05) is 11.2 Å². The van der Waals surface area contributed by atoms with E-state index >= 15 is 0 Å². The van der Waals surface area contributed by atoms with Crippen LogP contribution in [0.4, 0.5) is 5.13 Å². The van der Waals surface area contributed by atoms with E-state index in [0.29, 0.717) is 10.8 Å². The number of rotatable bonds is 2. The van der Waals surface area contributed by atoms with Crippen LogP contribution < -0.4 is 11.2 Å². The summed E-state index contributed by atoms with van der Waals surface area (Å²) in [7, 11) is 0. The zero-order valence-corrected chi connectivity index (χ0v) is 9.84. The number of hydrogen-bond acceptors (Lipinski definition) is 4. The number of nitrogens with two attached hydrogens (primary N) is 1. The van der Waals surface area contributed by atoms with Gasteiger partial charge in [0.05, 0.1) is 0 Å². The second-order valence-corrected chi connectivity index (χ2v) is 4.35. The van der Waals surface area contributed by atoms with E-state index in [-0.39, 0.29) is 5.91 Å². The minimum Gasteiger partial charge on any atom is -0.375 e. The van der Waals surface area contributed by atoms with Gasteiger partial charge in [0.2, 0.25) is 0 Å². The van der Waals surface area contributed by atoms with Crippen LogP contribution in [0.15, 0.2) is 17.5 Å². The SMILES string of the molecule is Cc1ccc(C)n1NC(=O)c1csc(N)n1. The summed E-state index contributed by atoms with van der Waals surface area (Å²) >= 11 is 1.25. The molecule has 0 radical (unpaired) electrons. The molecule has 0 fully saturated rings. The fourth-order valence-corrected chi connectivity index (χ4v) is 1.94. The van der Waals surface area contributed by atoms with Gasteiger partial charge in [0, 0.05) is 16.8 Å². The van der Waals surface area contributed by atoms with Crippen LogP contribution in [0.1, 0.15) is 21.9 Å². The highest BCUT2D eigenvalue weighted by Crippen LogP contribution is 2.12. The molecule has 84 valence electrons. The minimum atomic E-state index is -0.254. The second kappa shape index (κ2) is 3.97. The number of hydrogen-bond donors (Lipinski definition) is 2. The number of amides is 1. The molecule has 0 aromatic carbocycles. The van der Waals surface area contributed by atoms with Crippen molar-refractivity contribution >= 4 is 22.4 Å². The fourth-order valence-electron chi connectivity index (χ4n) is 1.40. The maximum absolute atomic E-state index is 11.8. The molecule has 0 aliphatic carbocycles. The van der Waals surface area contributed by atoms with Crippen molar-refractivity contribution in [2.24, 2.45) is 0 Å². The zero-order chi connectivity index (χ0) is 11.7. The molecule has 0 spiro atoms. The Bertz CT molecular complexity index is 509. The molecule has 0 saturated heterocycles. The summed E-state index contributed by atoms with van der Waals surface area (Å²) in [4.78, 5) is 15.7. The normalized spacial score (nSPS) is 10.4. The van der Waals surface area contributed by atoms with E-state index in [1.54, 1.807) is 10.1 Å². The highest BCUT2D eigenvalue weighted by atomic mass is 32.1. The molecule has 1 amide bonds. The monoisotopic (exact) mass is 236 g/mol. The van der Waals surface area contributed by atoms with Crippen LogP contribution in [0.5, 0.6) is 0 Å². The van der Waals surface area contributed by atoms with Crippen molar-refractivity contribution in [1.29, 1.82) is 0 Å². The summed E-state index contributed by atoms with van der Waals surface area (Å²) in [5, 5.41) is 2.03. The van der Waals surface area contributed by atoms with Crippen LogP contribution >= 0.6 is 11.3 Å². The van der Waals surface area contributed by atoms with Crippen molar-refractivity contribution in [3.8, 4) is 0 Å². The first-order valence-electron chi connectivity index (χ1n) is 4.75. The maximum atomic E-state index is 11.8. The summed E-state index contributed by atoms with van der Waals surface area (Å²) in [6.07, 6.45) is 0. The Morgan fingerprint density at radius 2 is 2.06 bits per heavy atom. The van der Waals surface area contributed by atoms with Gasteiger partial charge in [-0.3, -0.25) is 14.9 Å². The molecular formula is C10H12N4OS. The van der Waals surface area contributed by atoms with Crippen LogP contribution in [0.25, 0.3) is 0 Å². The Morgan fingerprint density at radius 3 is 2.56 bits per heavy atom. The maximum Gasteiger partial charge on any atom is 0.289 e. The van der Waals surface area contributed by atoms with Gasteiger partial charge >= 0.3 is 0 Å². The molecule has 0 unspecified atom stereocenters. The summed E-state index contributed by atoms with van der Waals surface area (Å²) in [5.41, 5.74) is 10.5. The number of carbonyl (C=O) groups is 1. The van der Waals surface area contributed by atoms with Gasteiger partial charge in [0.1, 0.15) is 5.69 Å². The number of nitrogens with zero attached hydrogens (tertiary/aromatic N) is 2. The van der Waals surface area contributed by atoms with Crippen LogP contribution in [0, 0.1) is 13.8 Å². The number of aromatic nitrogens is 2. The molecule has 0 aliphatic heterocycles. The molecule has 0 atom stereocenters. The van der Waals surface area contributed by atoms with Crippen molar-refractivity contribution in [3.63, 3.8) is 0 Å². The lowest BCUT2D eigenvalue weighted by atomic mass is 10.5. The smallest absolute Gasteiger partial charge is 0.289 e. The standard InChI is InChI=1S/C10H12N4OS/c1-6-3-4-7(2)14(6)13-9(15)8-5-16-10(11)12-8/h3-5H,1-2H3,(H2,11,12)(H,13,15). The van der Waals surface area contributed by atoms with Gasteiger partial charge in [0.25, 0.3) is 5.91 Å². The molecule has 0 aliphatic rings. The summed E-state index contributed by atoms with van der Waals surface area (Å²) in [6, 6.07) is 3.87. The first-order valence-corrected chi connectivity index (χ1v) is 5.63. The average molecular weight is 236 g/mol. The molecule has 2 aromatic heterocycles. The van der Waals surface area contributed by atoms with Gasteiger partial charge in [-0.25, -0.2) is 4.98 Å². The van der Waals surface area contributed by atoms with Gasteiger partial charge in [-0.15, -0.1) is 11.3 Å². The Kier molecular flexibility index (Phi) is 2.66. The number of aryl methyl sites for hydroxylation is 2. The minimum absolute atomic E-state index is 0.254. The van der Waals surface area contributed by atoms with E-state index in [1.165, 1.54) is 11.3 Å². The summed E-state index contributed by atoms with van der Waals surface area (Å²) < 4.78 is 1.72. The molecule has 0 saturated carbocycles. The quantitative estimate of drug-likeness (QED) is 0.830. The molecule has 0 bridgehead atoms. The van der Waals surface area contributed by atoms with E-state index < -0.39 is 0 Å². The summed E-state index contributed by atoms with van der Waals surface area (Å²) in [6.45, 7) is 3.84. The molecule has 2 rings (SSSR count). The molecule has 2 aromatic rings. The van der Waals surface area contributed by atoms with E-state index in [9.17, 15) is 4.79 Å². The molecule has 16 heavy (non-hydrogen) atoms. The molecule has 5 nitrogen and oxygen atoms in total. The number of anilines is 1. The van der Waals surface area contributed by atoms with Crippen molar-refractivity contribution in [3.05, 3.63) is 34.6 Å². The third kappa shape index (κ3) is 1.92. The Labute approximate surface area is 96.9 Å². The van der Waals surface area contributed by atoms with Gasteiger partial charge in [-0.05, 0) is 26.0 Å². The third-order valence-electron chi connectivity index (χ3n) is 2.24.